The van der Waals surface area contributed by atoms with Crippen LogP contribution in [0.3, 0.4) is 0 Å². The minimum Gasteiger partial charge on any atom is -0.236 e. The molecule has 0 aliphatic rings. The first-order valence-corrected chi connectivity index (χ1v) is 3.52. The Hall–Kier alpha value is -1.15. The Morgan fingerprint density at radius 2 is 1.73 bits per heavy atom. The Morgan fingerprint density at radius 1 is 1.18 bits per heavy atom. The van der Waals surface area contributed by atoms with E-state index in [2.05, 4.69) is 0 Å². The molecule has 11 heavy (non-hydrogen) atoms. The molecule has 0 atom stereocenters. The number of quaternary nitrogens is 1. The van der Waals surface area contributed by atoms with Gasteiger partial charge in [-0.2, -0.15) is 0 Å². The number of carbonyl (C=O) groups is 1. The van der Waals surface area contributed by atoms with Crippen LogP contribution in [0.2, 0.25) is 0 Å². The van der Waals surface area contributed by atoms with Crippen molar-refractivity contribution in [3.63, 3.8) is 0 Å². The SMILES string of the molecule is C[N+](C)(C=O)c1ccccc1. The monoisotopic (exact) mass is 150 g/mol. The summed E-state index contributed by atoms with van der Waals surface area (Å²) in [6, 6.07) is 9.68. The van der Waals surface area contributed by atoms with Gasteiger partial charge < -0.3 is 0 Å². The molecule has 0 bridgehead atoms. The quantitative estimate of drug-likeness (QED) is 0.460. The molecule has 1 rings (SSSR count). The first-order chi connectivity index (χ1) is 5.17. The molecule has 2 heteroatoms. The van der Waals surface area contributed by atoms with E-state index in [1.807, 2.05) is 44.4 Å². The normalized spacial score (nSPS) is 11.1. The Kier molecular flexibility index (Phi) is 2.06. The summed E-state index contributed by atoms with van der Waals surface area (Å²) in [5.74, 6) is 0. The Balaban J connectivity index is 3.02. The smallest absolute Gasteiger partial charge is 0.236 e. The summed E-state index contributed by atoms with van der Waals surface area (Å²) in [7, 11) is 3.70. The maximum absolute atomic E-state index is 10.6. The van der Waals surface area contributed by atoms with Crippen molar-refractivity contribution in [3.05, 3.63) is 30.3 Å². The molecule has 58 valence electrons. The van der Waals surface area contributed by atoms with Gasteiger partial charge in [0, 0.05) is 0 Å². The van der Waals surface area contributed by atoms with Crippen molar-refractivity contribution < 1.29 is 4.79 Å². The molecular weight excluding hydrogens is 138 g/mol. The van der Waals surface area contributed by atoms with Gasteiger partial charge in [-0.3, -0.25) is 0 Å². The molecule has 0 spiro atoms. The summed E-state index contributed by atoms with van der Waals surface area (Å²) >= 11 is 0. The van der Waals surface area contributed by atoms with Crippen molar-refractivity contribution in [3.8, 4) is 0 Å². The minimum atomic E-state index is 0.279. The Labute approximate surface area is 66.7 Å². The average Bonchev–Trinajstić information content (AvgIpc) is 2.06. The summed E-state index contributed by atoms with van der Waals surface area (Å²) in [6.45, 7) is 0. The molecule has 0 fully saturated rings. The number of hydrogen-bond donors (Lipinski definition) is 0. The van der Waals surface area contributed by atoms with Crippen LogP contribution in [0.5, 0.6) is 0 Å². The van der Waals surface area contributed by atoms with E-state index in [4.69, 9.17) is 0 Å². The van der Waals surface area contributed by atoms with Gasteiger partial charge in [0.25, 0.3) is 0 Å². The van der Waals surface area contributed by atoms with Crippen LogP contribution in [0.1, 0.15) is 0 Å². The maximum atomic E-state index is 10.6. The van der Waals surface area contributed by atoms with E-state index >= 15 is 0 Å². The molecule has 1 aromatic carbocycles. The molecular formula is C9H12NO+. The van der Waals surface area contributed by atoms with Crippen molar-refractivity contribution in [2.45, 2.75) is 0 Å². The van der Waals surface area contributed by atoms with Gasteiger partial charge in [0.1, 0.15) is 5.69 Å². The number of rotatable bonds is 2. The zero-order valence-electron chi connectivity index (χ0n) is 6.82. The van der Waals surface area contributed by atoms with Crippen molar-refractivity contribution in [1.82, 2.24) is 4.48 Å². The van der Waals surface area contributed by atoms with E-state index in [0.29, 0.717) is 0 Å². The summed E-state index contributed by atoms with van der Waals surface area (Å²) in [5.41, 5.74) is 1.00. The third-order valence-corrected chi connectivity index (χ3v) is 1.69. The molecule has 2 nitrogen and oxygen atoms in total. The van der Waals surface area contributed by atoms with Crippen LogP contribution in [0.4, 0.5) is 5.69 Å². The molecule has 0 N–H and O–H groups in total. The van der Waals surface area contributed by atoms with Crippen LogP contribution >= 0.6 is 0 Å². The number of hydrogen-bond acceptors (Lipinski definition) is 1. The molecule has 1 amide bonds. The molecule has 0 heterocycles. The van der Waals surface area contributed by atoms with E-state index in [0.717, 1.165) is 12.1 Å². The lowest BCUT2D eigenvalue weighted by Gasteiger charge is -2.19. The zero-order valence-corrected chi connectivity index (χ0v) is 6.82. The second-order valence-electron chi connectivity index (χ2n) is 2.98. The number of carbonyl (C=O) groups excluding carboxylic acids is 1. The molecule has 0 radical (unpaired) electrons. The van der Waals surface area contributed by atoms with Gasteiger partial charge in [0.2, 0.25) is 0 Å². The highest BCUT2D eigenvalue weighted by Gasteiger charge is 2.15. The largest absolute Gasteiger partial charge is 0.306 e. The van der Waals surface area contributed by atoms with E-state index < -0.39 is 0 Å². The Bertz CT molecular complexity index is 241. The fourth-order valence-electron chi connectivity index (χ4n) is 0.873. The van der Waals surface area contributed by atoms with Gasteiger partial charge in [0.15, 0.2) is 0 Å². The van der Waals surface area contributed by atoms with Crippen molar-refractivity contribution in [2.75, 3.05) is 14.1 Å². The van der Waals surface area contributed by atoms with E-state index in [9.17, 15) is 4.79 Å². The molecule has 0 aliphatic carbocycles. The summed E-state index contributed by atoms with van der Waals surface area (Å²) in [6.07, 6.45) is 0.912. The lowest BCUT2D eigenvalue weighted by molar-refractivity contribution is -0.115. The maximum Gasteiger partial charge on any atom is 0.306 e. The highest BCUT2D eigenvalue weighted by Crippen LogP contribution is 2.14. The van der Waals surface area contributed by atoms with Crippen LogP contribution in [-0.2, 0) is 4.79 Å². The lowest BCUT2D eigenvalue weighted by atomic mass is 10.3. The predicted octanol–water partition coefficient (Wildman–Crippen LogP) is 1.41. The molecule has 0 aromatic heterocycles. The van der Waals surface area contributed by atoms with Crippen molar-refractivity contribution in [2.24, 2.45) is 0 Å². The topological polar surface area (TPSA) is 17.1 Å². The molecule has 1 aromatic rings. The van der Waals surface area contributed by atoms with Crippen LogP contribution in [0, 0.1) is 0 Å². The first kappa shape index (κ1) is 7.95. The van der Waals surface area contributed by atoms with Crippen LogP contribution in [-0.4, -0.2) is 20.5 Å². The van der Waals surface area contributed by atoms with Gasteiger partial charge in [-0.25, -0.2) is 9.28 Å². The van der Waals surface area contributed by atoms with Crippen molar-refractivity contribution in [1.29, 1.82) is 0 Å². The molecule has 0 saturated carbocycles. The fraction of sp³-hybridized carbons (Fsp3) is 0.222. The minimum absolute atomic E-state index is 0.279. The van der Waals surface area contributed by atoms with E-state index in [1.54, 1.807) is 0 Å². The highest BCUT2D eigenvalue weighted by atomic mass is 16.1. The summed E-state index contributed by atoms with van der Waals surface area (Å²) in [4.78, 5) is 10.6. The summed E-state index contributed by atoms with van der Waals surface area (Å²) in [5, 5.41) is 0. The molecule has 0 saturated heterocycles. The number of para-hydroxylation sites is 1. The standard InChI is InChI=1S/C9H12NO/c1-10(2,8-11)9-6-4-3-5-7-9/h3-8H,1-2H3/q+1. The van der Waals surface area contributed by atoms with Gasteiger partial charge in [-0.05, 0) is 12.1 Å². The molecule has 0 aliphatic heterocycles. The van der Waals surface area contributed by atoms with E-state index in [-0.39, 0.29) is 4.48 Å². The average molecular weight is 150 g/mol. The number of amides is 1. The van der Waals surface area contributed by atoms with Gasteiger partial charge in [0.05, 0.1) is 14.1 Å². The van der Waals surface area contributed by atoms with Crippen LogP contribution in [0.25, 0.3) is 0 Å². The van der Waals surface area contributed by atoms with Gasteiger partial charge >= 0.3 is 6.41 Å². The lowest BCUT2D eigenvalue weighted by Crippen LogP contribution is -2.38. The highest BCUT2D eigenvalue weighted by molar-refractivity contribution is 5.67. The van der Waals surface area contributed by atoms with Gasteiger partial charge in [-0.1, -0.05) is 18.2 Å². The van der Waals surface area contributed by atoms with Crippen LogP contribution in [0.15, 0.2) is 30.3 Å². The fourth-order valence-corrected chi connectivity index (χ4v) is 0.873. The number of nitrogens with zero attached hydrogens (tertiary/aromatic N) is 1. The zero-order chi connectivity index (χ0) is 8.32. The summed E-state index contributed by atoms with van der Waals surface area (Å²) < 4.78 is 0.279. The van der Waals surface area contributed by atoms with E-state index in [1.165, 1.54) is 0 Å². The number of benzene rings is 1. The third-order valence-electron chi connectivity index (χ3n) is 1.69. The predicted molar refractivity (Wildman–Crippen MR) is 46.1 cm³/mol. The van der Waals surface area contributed by atoms with Gasteiger partial charge in [-0.15, -0.1) is 0 Å². The van der Waals surface area contributed by atoms with Crippen molar-refractivity contribution >= 4 is 12.1 Å². The second-order valence-corrected chi connectivity index (χ2v) is 2.98. The molecule has 0 unspecified atom stereocenters. The third kappa shape index (κ3) is 1.65. The van der Waals surface area contributed by atoms with Crippen LogP contribution < -0.4 is 4.48 Å². The first-order valence-electron chi connectivity index (χ1n) is 3.52. The Morgan fingerprint density at radius 3 is 2.18 bits per heavy atom. The second kappa shape index (κ2) is 2.84.